The van der Waals surface area contributed by atoms with Crippen molar-refractivity contribution >= 4 is 46.2 Å². The summed E-state index contributed by atoms with van der Waals surface area (Å²) in [5.41, 5.74) is -1.02. The minimum Gasteiger partial charge on any atom is -0.507 e. The number of hydrogen-bond acceptors (Lipinski definition) is 11. The molecule has 0 saturated heterocycles. The van der Waals surface area contributed by atoms with E-state index in [-0.39, 0.29) is 33.7 Å². The van der Waals surface area contributed by atoms with E-state index >= 15 is 0 Å². The smallest absolute Gasteiger partial charge is 0.323 e. The lowest BCUT2D eigenvalue weighted by atomic mass is 10.1. The summed E-state index contributed by atoms with van der Waals surface area (Å²) in [4.78, 5) is 66.9. The average molecular weight is 673 g/mol. The number of fused-ring (bicyclic) bond motifs is 1. The second kappa shape index (κ2) is 14.8. The van der Waals surface area contributed by atoms with E-state index in [9.17, 15) is 58.3 Å². The highest BCUT2D eigenvalue weighted by Gasteiger charge is 2.25. The second-order valence-corrected chi connectivity index (χ2v) is 9.96. The number of aromatic nitrogens is 2. The Balaban J connectivity index is 1.71. The molecule has 0 aliphatic heterocycles. The number of nitrogens with one attached hydrogen (secondary N) is 1. The summed E-state index contributed by atoms with van der Waals surface area (Å²) in [6, 6.07) is 10.0. The highest BCUT2D eigenvalue weighted by atomic mass is 19.2. The molecule has 3 aromatic carbocycles. The maximum atomic E-state index is 14.8. The molecule has 0 spiro atoms. The second-order valence-electron chi connectivity index (χ2n) is 9.96. The number of ether oxygens (including phenoxy) is 2. The quantitative estimate of drug-likeness (QED) is 0.0933. The predicted molar refractivity (Wildman–Crippen MR) is 162 cm³/mol. The van der Waals surface area contributed by atoms with Crippen LogP contribution in [-0.2, 0) is 19.2 Å². The molecular formula is C30H26F2N4O12. The number of hydrogen-bond donors (Lipinski definition) is 6. The number of anilines is 2. The molecule has 1 aromatic heterocycles. The van der Waals surface area contributed by atoms with Gasteiger partial charge in [-0.2, -0.15) is 4.39 Å². The van der Waals surface area contributed by atoms with Crippen LogP contribution in [0, 0.1) is 11.6 Å². The maximum absolute atomic E-state index is 14.8. The summed E-state index contributed by atoms with van der Waals surface area (Å²) in [6.45, 7) is -4.65. The lowest BCUT2D eigenvalue weighted by Gasteiger charge is -2.25. The van der Waals surface area contributed by atoms with E-state index in [0.29, 0.717) is 6.07 Å². The van der Waals surface area contributed by atoms with Gasteiger partial charge in [-0.3, -0.25) is 24.0 Å². The zero-order chi connectivity index (χ0) is 35.1. The molecule has 0 aliphatic carbocycles. The number of benzene rings is 3. The lowest BCUT2D eigenvalue weighted by Crippen LogP contribution is -2.35. The molecule has 0 atom stereocenters. The van der Waals surface area contributed by atoms with Gasteiger partial charge in [0.15, 0.2) is 11.6 Å². The Morgan fingerprint density at radius 1 is 0.771 bits per heavy atom. The lowest BCUT2D eigenvalue weighted by molar-refractivity contribution is -0.138. The van der Waals surface area contributed by atoms with Crippen LogP contribution in [0.2, 0.25) is 0 Å². The number of carbonyl (C=O) groups is 4. The van der Waals surface area contributed by atoms with Crippen LogP contribution in [0.4, 0.5) is 20.2 Å². The first-order valence-corrected chi connectivity index (χ1v) is 13.7. The number of phenols is 1. The highest BCUT2D eigenvalue weighted by Crippen LogP contribution is 2.39. The zero-order valence-electron chi connectivity index (χ0n) is 24.6. The minimum atomic E-state index is -1.55. The van der Waals surface area contributed by atoms with Crippen LogP contribution in [0.5, 0.6) is 17.2 Å². The summed E-state index contributed by atoms with van der Waals surface area (Å²) >= 11 is 0. The van der Waals surface area contributed by atoms with Gasteiger partial charge in [0.25, 0.3) is 5.56 Å². The molecule has 0 aliphatic rings. The van der Waals surface area contributed by atoms with E-state index in [2.05, 4.69) is 9.97 Å². The number of carboxylic acid groups (broad SMARTS) is 4. The molecule has 0 fully saturated rings. The summed E-state index contributed by atoms with van der Waals surface area (Å²) in [5, 5.41) is 48.4. The Kier molecular flexibility index (Phi) is 10.6. The third kappa shape index (κ3) is 8.22. The molecule has 48 heavy (non-hydrogen) atoms. The third-order valence-electron chi connectivity index (χ3n) is 6.55. The van der Waals surface area contributed by atoms with Gasteiger partial charge in [0.1, 0.15) is 56.7 Å². The van der Waals surface area contributed by atoms with Gasteiger partial charge in [0.2, 0.25) is 5.82 Å². The van der Waals surface area contributed by atoms with Crippen LogP contribution in [0.25, 0.3) is 22.3 Å². The Morgan fingerprint density at radius 3 is 1.94 bits per heavy atom. The van der Waals surface area contributed by atoms with E-state index in [1.165, 1.54) is 6.07 Å². The number of aromatic hydroxyl groups is 1. The number of aromatic amines is 1. The van der Waals surface area contributed by atoms with Crippen molar-refractivity contribution in [2.24, 2.45) is 0 Å². The largest absolute Gasteiger partial charge is 0.507 e. The van der Waals surface area contributed by atoms with Crippen molar-refractivity contribution in [1.82, 2.24) is 9.97 Å². The summed E-state index contributed by atoms with van der Waals surface area (Å²) < 4.78 is 40.1. The van der Waals surface area contributed by atoms with Crippen LogP contribution in [-0.4, -0.2) is 98.8 Å². The van der Waals surface area contributed by atoms with E-state index < -0.39 is 97.7 Å². The van der Waals surface area contributed by atoms with Gasteiger partial charge in [-0.1, -0.05) is 12.1 Å². The molecule has 0 bridgehead atoms. The van der Waals surface area contributed by atoms with Gasteiger partial charge in [0, 0.05) is 6.07 Å². The van der Waals surface area contributed by atoms with Gasteiger partial charge < -0.3 is 49.8 Å². The Morgan fingerprint density at radius 2 is 1.33 bits per heavy atom. The van der Waals surface area contributed by atoms with Crippen LogP contribution in [0.3, 0.4) is 0 Å². The number of H-pyrrole nitrogens is 1. The molecule has 0 saturated carbocycles. The van der Waals surface area contributed by atoms with Crippen LogP contribution >= 0.6 is 0 Å². The third-order valence-corrected chi connectivity index (χ3v) is 6.55. The van der Waals surface area contributed by atoms with Crippen molar-refractivity contribution in [3.63, 3.8) is 0 Å². The molecular weight excluding hydrogens is 646 g/mol. The summed E-state index contributed by atoms with van der Waals surface area (Å²) in [5.74, 6) is -10.5. The van der Waals surface area contributed by atoms with Crippen LogP contribution in [0.1, 0.15) is 0 Å². The number of phenolic OH excluding ortho intramolecular Hbond substituents is 1. The maximum Gasteiger partial charge on any atom is 0.323 e. The Labute approximate surface area is 267 Å². The van der Waals surface area contributed by atoms with E-state index in [1.54, 1.807) is 18.2 Å². The number of aliphatic carboxylic acids is 4. The number of carboxylic acids is 4. The SMILES string of the molecule is O=C(O)CN(CC(=O)O)c1cc(O)c(-c2nc3ccccc3c(=O)[nH]2)cc1OCCOc1c(N(CC(=O)O)CC(=O)O)ccc(F)c1F. The first kappa shape index (κ1) is 34.4. The normalized spacial score (nSPS) is 10.8. The van der Waals surface area contributed by atoms with Crippen molar-refractivity contribution in [2.75, 3.05) is 49.2 Å². The summed E-state index contributed by atoms with van der Waals surface area (Å²) in [7, 11) is 0. The first-order valence-electron chi connectivity index (χ1n) is 13.7. The molecule has 252 valence electrons. The Bertz CT molecular complexity index is 1920. The fourth-order valence-electron chi connectivity index (χ4n) is 4.63. The number of rotatable bonds is 16. The van der Waals surface area contributed by atoms with E-state index in [1.807, 2.05) is 0 Å². The molecule has 4 aromatic rings. The number of para-hydroxylation sites is 1. The standard InChI is InChI=1S/C30H26F2N4O12/c31-17-5-6-19(35(11-23(38)39)12-24(40)41)28(27(17)32)48-8-7-47-22-9-16(29-33-18-4-2-1-3-15(18)30(46)34-29)21(37)10-20(22)36(13-25(42)43)14-26(44)45/h1-6,9-10,37H,7-8,11-14H2,(H,38,39)(H,40,41)(H,42,43)(H,44,45)(H,33,34,46). The van der Waals surface area contributed by atoms with Crippen LogP contribution in [0.15, 0.2) is 53.3 Å². The Hall–Kier alpha value is -6.46. The van der Waals surface area contributed by atoms with Crippen molar-refractivity contribution in [3.05, 3.63) is 70.5 Å². The molecule has 4 rings (SSSR count). The van der Waals surface area contributed by atoms with Gasteiger partial charge in [-0.05, 0) is 30.3 Å². The molecule has 0 amide bonds. The van der Waals surface area contributed by atoms with Crippen LogP contribution < -0.4 is 24.8 Å². The zero-order valence-corrected chi connectivity index (χ0v) is 24.6. The first-order chi connectivity index (χ1) is 22.7. The molecule has 6 N–H and O–H groups in total. The average Bonchev–Trinajstić information content (AvgIpc) is 3.00. The van der Waals surface area contributed by atoms with Gasteiger partial charge in [-0.25, -0.2) is 9.37 Å². The van der Waals surface area contributed by atoms with E-state index in [0.717, 1.165) is 28.0 Å². The topological polar surface area (TPSA) is 240 Å². The van der Waals surface area contributed by atoms with Gasteiger partial charge in [0.05, 0.1) is 27.8 Å². The van der Waals surface area contributed by atoms with Crippen molar-refractivity contribution in [1.29, 1.82) is 0 Å². The predicted octanol–water partition coefficient (Wildman–Crippen LogP) is 1.98. The monoisotopic (exact) mass is 672 g/mol. The fraction of sp³-hybridized carbons (Fsp3) is 0.200. The number of nitrogens with zero attached hydrogens (tertiary/aromatic N) is 3. The van der Waals surface area contributed by atoms with Gasteiger partial charge in [-0.15, -0.1) is 0 Å². The summed E-state index contributed by atoms with van der Waals surface area (Å²) in [6.07, 6.45) is 0. The minimum absolute atomic E-state index is 0.112. The van der Waals surface area contributed by atoms with E-state index in [4.69, 9.17) is 9.47 Å². The molecule has 0 radical (unpaired) electrons. The molecule has 0 unspecified atom stereocenters. The van der Waals surface area contributed by atoms with Crippen molar-refractivity contribution in [2.45, 2.75) is 0 Å². The van der Waals surface area contributed by atoms with Gasteiger partial charge >= 0.3 is 23.9 Å². The fourth-order valence-corrected chi connectivity index (χ4v) is 4.63. The highest BCUT2D eigenvalue weighted by molar-refractivity contribution is 5.85. The van der Waals surface area contributed by atoms with Crippen molar-refractivity contribution in [3.8, 4) is 28.6 Å². The molecule has 16 nitrogen and oxygen atoms in total. The molecule has 18 heteroatoms. The molecule has 1 heterocycles. The number of halogens is 2. The van der Waals surface area contributed by atoms with Crippen molar-refractivity contribution < 1.29 is 63.0 Å².